The number of rotatable bonds is 7. The predicted octanol–water partition coefficient (Wildman–Crippen LogP) is 3.46. The van der Waals surface area contributed by atoms with Gasteiger partial charge in [0.15, 0.2) is 0 Å². The number of phenolic OH excluding ortho intramolecular Hbond substituents is 1. The number of hydrogen-bond donors (Lipinski definition) is 2. The Kier molecular flexibility index (Phi) is 6.52. The number of phenols is 1. The lowest BCUT2D eigenvalue weighted by Gasteiger charge is -2.42. The second-order valence-corrected chi connectivity index (χ2v) is 7.90. The number of hydrogen-bond acceptors (Lipinski definition) is 4. The molecule has 0 saturated carbocycles. The first-order chi connectivity index (χ1) is 12.6. The quantitative estimate of drug-likeness (QED) is 0.798. The Labute approximate surface area is 157 Å². The highest BCUT2D eigenvalue weighted by atomic mass is 16.3. The van der Waals surface area contributed by atoms with E-state index < -0.39 is 0 Å². The van der Waals surface area contributed by atoms with Crippen LogP contribution in [0, 0.1) is 5.92 Å². The number of aromatic hydroxyl groups is 1. The van der Waals surface area contributed by atoms with Crippen LogP contribution in [0.4, 0.5) is 0 Å². The molecular formula is C22H32N2O2. The summed E-state index contributed by atoms with van der Waals surface area (Å²) >= 11 is 0. The molecule has 2 aromatic carbocycles. The molecule has 3 rings (SSSR count). The summed E-state index contributed by atoms with van der Waals surface area (Å²) in [5.74, 6) is 1.08. The molecule has 0 spiro atoms. The van der Waals surface area contributed by atoms with Crippen molar-refractivity contribution in [1.29, 1.82) is 0 Å². The third-order valence-electron chi connectivity index (χ3n) is 5.54. The van der Waals surface area contributed by atoms with Crippen LogP contribution in [0.5, 0.6) is 5.75 Å². The molecule has 0 amide bonds. The van der Waals surface area contributed by atoms with Gasteiger partial charge in [0.25, 0.3) is 0 Å². The van der Waals surface area contributed by atoms with Crippen molar-refractivity contribution in [2.75, 3.05) is 32.8 Å². The van der Waals surface area contributed by atoms with E-state index >= 15 is 0 Å². The zero-order valence-corrected chi connectivity index (χ0v) is 16.1. The highest BCUT2D eigenvalue weighted by molar-refractivity contribution is 5.87. The number of aliphatic hydroxyl groups is 1. The number of fused-ring (bicyclic) bond motifs is 1. The molecule has 2 N–H and O–H groups in total. The molecule has 26 heavy (non-hydrogen) atoms. The summed E-state index contributed by atoms with van der Waals surface area (Å²) in [6.07, 6.45) is 2.02. The van der Waals surface area contributed by atoms with Crippen LogP contribution in [0.15, 0.2) is 36.4 Å². The summed E-state index contributed by atoms with van der Waals surface area (Å²) in [6, 6.07) is 12.4. The van der Waals surface area contributed by atoms with Crippen LogP contribution in [-0.2, 0) is 6.54 Å². The number of benzene rings is 2. The maximum absolute atomic E-state index is 10.4. The zero-order chi connectivity index (χ0) is 18.5. The Morgan fingerprint density at radius 1 is 1.12 bits per heavy atom. The summed E-state index contributed by atoms with van der Waals surface area (Å²) in [4.78, 5) is 4.96. The minimum atomic E-state index is 0.232. The van der Waals surface area contributed by atoms with Gasteiger partial charge in [-0.25, -0.2) is 0 Å². The van der Waals surface area contributed by atoms with Gasteiger partial charge < -0.3 is 10.2 Å². The third-order valence-corrected chi connectivity index (χ3v) is 5.54. The molecule has 0 aromatic heterocycles. The van der Waals surface area contributed by atoms with Gasteiger partial charge in [-0.05, 0) is 42.1 Å². The molecule has 1 unspecified atom stereocenters. The van der Waals surface area contributed by atoms with Gasteiger partial charge in [-0.15, -0.1) is 0 Å². The molecule has 0 bridgehead atoms. The molecule has 1 atom stereocenters. The van der Waals surface area contributed by atoms with Crippen molar-refractivity contribution in [1.82, 2.24) is 9.80 Å². The molecule has 1 aliphatic rings. The topological polar surface area (TPSA) is 46.9 Å². The fourth-order valence-electron chi connectivity index (χ4n) is 3.96. The Bertz CT molecular complexity index is 716. The Morgan fingerprint density at radius 3 is 2.69 bits per heavy atom. The molecule has 1 saturated heterocycles. The average molecular weight is 357 g/mol. The first-order valence-corrected chi connectivity index (χ1v) is 9.85. The van der Waals surface area contributed by atoms with Crippen LogP contribution in [-0.4, -0.2) is 58.8 Å². The molecule has 2 aromatic rings. The highest BCUT2D eigenvalue weighted by Gasteiger charge is 2.27. The van der Waals surface area contributed by atoms with Gasteiger partial charge in [-0.2, -0.15) is 0 Å². The van der Waals surface area contributed by atoms with E-state index in [9.17, 15) is 10.2 Å². The van der Waals surface area contributed by atoms with Crippen molar-refractivity contribution in [3.8, 4) is 5.75 Å². The van der Waals surface area contributed by atoms with Gasteiger partial charge in [0.2, 0.25) is 0 Å². The minimum Gasteiger partial charge on any atom is -0.508 e. The van der Waals surface area contributed by atoms with Crippen molar-refractivity contribution in [2.45, 2.75) is 39.3 Å². The van der Waals surface area contributed by atoms with E-state index in [2.05, 4.69) is 35.8 Å². The van der Waals surface area contributed by atoms with E-state index in [1.807, 2.05) is 24.3 Å². The van der Waals surface area contributed by atoms with E-state index in [4.69, 9.17) is 0 Å². The van der Waals surface area contributed by atoms with Crippen LogP contribution in [0.1, 0.15) is 32.3 Å². The molecule has 1 heterocycles. The maximum Gasteiger partial charge on any atom is 0.120 e. The molecule has 4 heteroatoms. The largest absolute Gasteiger partial charge is 0.508 e. The van der Waals surface area contributed by atoms with Crippen LogP contribution in [0.25, 0.3) is 10.8 Å². The van der Waals surface area contributed by atoms with E-state index in [0.717, 1.165) is 50.1 Å². The molecule has 4 nitrogen and oxygen atoms in total. The van der Waals surface area contributed by atoms with Gasteiger partial charge in [-0.3, -0.25) is 9.80 Å². The second kappa shape index (κ2) is 8.85. The van der Waals surface area contributed by atoms with Crippen molar-refractivity contribution in [3.63, 3.8) is 0 Å². The summed E-state index contributed by atoms with van der Waals surface area (Å²) in [5, 5.41) is 22.2. The van der Waals surface area contributed by atoms with Gasteiger partial charge in [0.05, 0.1) is 0 Å². The second-order valence-electron chi connectivity index (χ2n) is 7.90. The van der Waals surface area contributed by atoms with Crippen molar-refractivity contribution in [3.05, 3.63) is 42.0 Å². The van der Waals surface area contributed by atoms with Crippen LogP contribution < -0.4 is 0 Å². The maximum atomic E-state index is 10.4. The number of piperazine rings is 1. The fourth-order valence-corrected chi connectivity index (χ4v) is 3.96. The van der Waals surface area contributed by atoms with E-state index in [0.29, 0.717) is 17.7 Å². The summed E-state index contributed by atoms with van der Waals surface area (Å²) in [7, 11) is 0. The number of nitrogens with zero attached hydrogens (tertiary/aromatic N) is 2. The lowest BCUT2D eigenvalue weighted by atomic mass is 10.0. The van der Waals surface area contributed by atoms with E-state index in [-0.39, 0.29) is 6.61 Å². The molecule has 0 radical (unpaired) electrons. The van der Waals surface area contributed by atoms with E-state index in [1.54, 1.807) is 0 Å². The molecule has 142 valence electrons. The predicted molar refractivity (Wildman–Crippen MR) is 107 cm³/mol. The van der Waals surface area contributed by atoms with Gasteiger partial charge in [-0.1, -0.05) is 44.2 Å². The molecule has 1 aliphatic heterocycles. The van der Waals surface area contributed by atoms with Crippen LogP contribution in [0.3, 0.4) is 0 Å². The zero-order valence-electron chi connectivity index (χ0n) is 16.1. The van der Waals surface area contributed by atoms with Crippen molar-refractivity contribution >= 4 is 10.8 Å². The standard InChI is InChI=1S/C22H32N2O2/c1-17(2)9-11-24-13-12-23(15-19(24)10-14-25)16-21-20-6-4-3-5-18(20)7-8-22(21)26/h3-8,17,19,25-26H,9-16H2,1-2H3. The lowest BCUT2D eigenvalue weighted by molar-refractivity contribution is 0.0522. The normalized spacial score (nSPS) is 19.5. The van der Waals surface area contributed by atoms with Crippen LogP contribution in [0.2, 0.25) is 0 Å². The van der Waals surface area contributed by atoms with E-state index in [1.165, 1.54) is 11.8 Å². The van der Waals surface area contributed by atoms with Crippen LogP contribution >= 0.6 is 0 Å². The summed E-state index contributed by atoms with van der Waals surface area (Å²) in [6.45, 7) is 9.60. The Morgan fingerprint density at radius 2 is 1.92 bits per heavy atom. The van der Waals surface area contributed by atoms with Gasteiger partial charge in [0.1, 0.15) is 5.75 Å². The lowest BCUT2D eigenvalue weighted by Crippen LogP contribution is -2.53. The third kappa shape index (κ3) is 4.56. The first kappa shape index (κ1) is 19.2. The highest BCUT2D eigenvalue weighted by Crippen LogP contribution is 2.29. The first-order valence-electron chi connectivity index (χ1n) is 9.85. The SMILES string of the molecule is CC(C)CCN1CCN(Cc2c(O)ccc3ccccc23)CC1CCO. The molecule has 0 aliphatic carbocycles. The Balaban J connectivity index is 1.72. The summed E-state index contributed by atoms with van der Waals surface area (Å²) in [5.41, 5.74) is 1.02. The molecule has 1 fully saturated rings. The fraction of sp³-hybridized carbons (Fsp3) is 0.545. The smallest absolute Gasteiger partial charge is 0.120 e. The molecular weight excluding hydrogens is 324 g/mol. The van der Waals surface area contributed by atoms with Crippen molar-refractivity contribution in [2.24, 2.45) is 5.92 Å². The summed E-state index contributed by atoms with van der Waals surface area (Å²) < 4.78 is 0. The monoisotopic (exact) mass is 356 g/mol. The van der Waals surface area contributed by atoms with Gasteiger partial charge >= 0.3 is 0 Å². The minimum absolute atomic E-state index is 0.232. The Hall–Kier alpha value is -1.62. The van der Waals surface area contributed by atoms with Crippen molar-refractivity contribution < 1.29 is 10.2 Å². The van der Waals surface area contributed by atoms with Gasteiger partial charge in [0, 0.05) is 44.4 Å². The number of aliphatic hydroxyl groups excluding tert-OH is 1. The average Bonchev–Trinajstić information content (AvgIpc) is 2.63.